The predicted molar refractivity (Wildman–Crippen MR) is 396 cm³/mol. The summed E-state index contributed by atoms with van der Waals surface area (Å²) in [4.78, 5) is 220. The topological polar surface area (TPSA) is 759 Å². The first-order chi connectivity index (χ1) is 51.2. The summed E-state index contributed by atoms with van der Waals surface area (Å²) < 4.78 is 0. The number of aliphatic hydroxyl groups is 3. The van der Waals surface area contributed by atoms with Crippen LogP contribution in [0.25, 0.3) is 10.9 Å². The van der Waals surface area contributed by atoms with Crippen molar-refractivity contribution in [2.75, 3.05) is 56.7 Å². The first-order valence-electron chi connectivity index (χ1n) is 33.4. The second-order valence-corrected chi connectivity index (χ2v) is 25.2. The van der Waals surface area contributed by atoms with E-state index in [4.69, 9.17) is 45.9 Å². The second kappa shape index (κ2) is 47.9. The number of nitrogens with two attached hydrogens (primary N) is 8. The molecular formula is C61H97N25O19S3. The van der Waals surface area contributed by atoms with Crippen molar-refractivity contribution >= 4 is 149 Å². The summed E-state index contributed by atoms with van der Waals surface area (Å²) in [6, 6.07) is -15.0. The molecule has 598 valence electrons. The van der Waals surface area contributed by atoms with E-state index in [1.165, 1.54) is 18.7 Å². The summed E-state index contributed by atoms with van der Waals surface area (Å²) in [5.41, 5.74) is 45.1. The van der Waals surface area contributed by atoms with Gasteiger partial charge in [0.05, 0.1) is 45.0 Å². The molecule has 0 unspecified atom stereocenters. The molecule has 2 aromatic heterocycles. The summed E-state index contributed by atoms with van der Waals surface area (Å²) in [5.74, 6) is -19.0. The number of nitrogens with zero attached hydrogens (tertiary/aromatic N) is 3. The third-order valence-corrected chi connectivity index (χ3v) is 16.9. The van der Waals surface area contributed by atoms with Crippen molar-refractivity contribution in [1.29, 1.82) is 0 Å². The number of thiol groups is 3. The first kappa shape index (κ1) is 91.6. The number of carboxylic acids is 1. The molecule has 0 saturated heterocycles. The Morgan fingerprint density at radius 1 is 0.444 bits per heavy atom. The number of aliphatic imine (C=N–C) groups is 2. The standard InChI is InChI=1S/C61H97N25O19S3/c62-12-4-3-9-34(76-56(102)41(22-88)83-57(103)42(23-89)84-59(105)44(26-108)86-53(99)38(17-45(64)90)78-48(94)31(63)24-106)49(95)79-36(15-28-19-73-32-8-2-1-7-30(28)32)51(97)85-43(25-107)58(104)77-35(11-6-14-72-61(68)69)50(96)81-39(18-46(91)92)54(100)80-37(16-29-20-70-27-74-29)52(98)82-40(21-87)55(101)75-33(47(65)93)10-5-13-71-60(66)67/h1-2,7-8,19-20,27,31,33-44,73,87-89,106-108H,3-6,9-18,21-26,62-63H2,(H2,64,90)(H2,65,93)(H,70,74)(H,75,101)(H,76,102)(H,77,104)(H,78,94)(H,79,95)(H,80,100)(H,81,96)(H,82,98)(H,83,103)(H,84,105)(H,85,97)(H,86,99)(H,91,92)(H4,66,67,71)(H4,68,69,72)/t31-,33-,34-,35-,36-,37-,38-,39-,40-,41-,42-,43-,44-/m0/s1. The van der Waals surface area contributed by atoms with E-state index in [1.807, 2.05) is 0 Å². The summed E-state index contributed by atoms with van der Waals surface area (Å²) >= 11 is 12.3. The minimum absolute atomic E-state index is 0.0492. The number of aliphatic carboxylic acids is 1. The van der Waals surface area contributed by atoms with E-state index < -0.39 is 218 Å². The molecular weight excluding hydrogens is 1480 g/mol. The van der Waals surface area contributed by atoms with Gasteiger partial charge >= 0.3 is 5.97 Å². The number of hydrogen-bond donors (Lipinski definition) is 29. The molecule has 44 nitrogen and oxygen atoms in total. The first-order valence-corrected chi connectivity index (χ1v) is 35.3. The molecule has 0 bridgehead atoms. The van der Waals surface area contributed by atoms with Crippen LogP contribution < -0.4 is 110 Å². The number of nitrogens with one attached hydrogen (secondary N) is 14. The number of carboxylic acid groups (broad SMARTS) is 1. The van der Waals surface area contributed by atoms with Gasteiger partial charge in [-0.15, -0.1) is 0 Å². The number of aromatic amines is 2. The summed E-state index contributed by atoms with van der Waals surface area (Å²) in [5, 5.41) is 69.5. The zero-order valence-corrected chi connectivity index (χ0v) is 61.1. The van der Waals surface area contributed by atoms with Crippen LogP contribution in [-0.4, -0.2) is 271 Å². The average Bonchev–Trinajstić information content (AvgIpc) is 1.65. The Kier molecular flexibility index (Phi) is 40.6. The summed E-state index contributed by atoms with van der Waals surface area (Å²) in [6.45, 7) is -3.36. The quantitative estimate of drug-likeness (QED) is 0.0108. The lowest BCUT2D eigenvalue weighted by molar-refractivity contribution is -0.141. The van der Waals surface area contributed by atoms with Gasteiger partial charge in [0, 0.05) is 72.2 Å². The molecule has 0 radical (unpaired) electrons. The normalized spacial score (nSPS) is 14.6. The number of amides is 14. The number of carbonyl (C=O) groups is 15. The maximum Gasteiger partial charge on any atom is 0.305 e. The second-order valence-electron chi connectivity index (χ2n) is 24.1. The van der Waals surface area contributed by atoms with Crippen molar-refractivity contribution in [2.24, 2.45) is 55.9 Å². The van der Waals surface area contributed by atoms with Gasteiger partial charge in [-0.25, -0.2) is 4.98 Å². The van der Waals surface area contributed by atoms with Gasteiger partial charge in [0.2, 0.25) is 82.7 Å². The lowest BCUT2D eigenvalue weighted by atomic mass is 10.0. The van der Waals surface area contributed by atoms with E-state index in [9.17, 15) is 92.3 Å². The Hall–Kier alpha value is -10.6. The van der Waals surface area contributed by atoms with Gasteiger partial charge in [-0.3, -0.25) is 81.9 Å². The molecule has 3 aromatic rings. The zero-order chi connectivity index (χ0) is 80.7. The molecule has 108 heavy (non-hydrogen) atoms. The van der Waals surface area contributed by atoms with Crippen LogP contribution in [0.2, 0.25) is 0 Å². The van der Waals surface area contributed by atoms with Crippen LogP contribution in [-0.2, 0) is 84.8 Å². The monoisotopic (exact) mass is 1580 g/mol. The zero-order valence-electron chi connectivity index (χ0n) is 58.4. The Balaban J connectivity index is 1.95. The van der Waals surface area contributed by atoms with Crippen molar-refractivity contribution in [3.05, 3.63) is 54.2 Å². The van der Waals surface area contributed by atoms with Crippen LogP contribution >= 0.6 is 37.9 Å². The van der Waals surface area contributed by atoms with Crippen LogP contribution in [0, 0.1) is 0 Å². The van der Waals surface area contributed by atoms with Crippen LogP contribution in [0.1, 0.15) is 69.0 Å². The number of guanidine groups is 2. The van der Waals surface area contributed by atoms with E-state index in [1.54, 1.807) is 24.3 Å². The van der Waals surface area contributed by atoms with E-state index in [-0.39, 0.29) is 94.4 Å². The molecule has 2 heterocycles. The molecule has 34 N–H and O–H groups in total. The number of aromatic nitrogens is 3. The van der Waals surface area contributed by atoms with Gasteiger partial charge in [0.15, 0.2) is 11.9 Å². The Morgan fingerprint density at radius 2 is 0.824 bits per heavy atom. The highest BCUT2D eigenvalue weighted by Crippen LogP contribution is 2.20. The molecule has 0 aliphatic carbocycles. The fraction of sp³-hybridized carbons (Fsp3) is 0.541. The van der Waals surface area contributed by atoms with Gasteiger partial charge in [0.25, 0.3) is 0 Å². The number of fused-ring (bicyclic) bond motifs is 1. The molecule has 1 aromatic carbocycles. The third-order valence-electron chi connectivity index (χ3n) is 15.8. The van der Waals surface area contributed by atoms with Crippen LogP contribution in [0.4, 0.5) is 0 Å². The van der Waals surface area contributed by atoms with Crippen molar-refractivity contribution < 1.29 is 92.3 Å². The minimum atomic E-state index is -2.05. The van der Waals surface area contributed by atoms with Crippen molar-refractivity contribution in [3.63, 3.8) is 0 Å². The fourth-order valence-corrected chi connectivity index (χ4v) is 10.7. The number of unbranched alkanes of at least 4 members (excludes halogenated alkanes) is 1. The number of hydrogen-bond acceptors (Lipinski definition) is 26. The molecule has 13 atom stereocenters. The van der Waals surface area contributed by atoms with Gasteiger partial charge in [-0.05, 0) is 63.1 Å². The highest BCUT2D eigenvalue weighted by atomic mass is 32.1. The van der Waals surface area contributed by atoms with Gasteiger partial charge in [0.1, 0.15) is 72.5 Å². The molecule has 0 spiro atoms. The number of rotatable bonds is 51. The Bertz CT molecular complexity index is 3620. The number of carbonyl (C=O) groups excluding carboxylic acids is 14. The third kappa shape index (κ3) is 31.8. The van der Waals surface area contributed by atoms with Gasteiger partial charge in [-0.2, -0.15) is 37.9 Å². The molecule has 0 aliphatic rings. The maximum absolute atomic E-state index is 14.7. The van der Waals surface area contributed by atoms with Crippen molar-refractivity contribution in [3.8, 4) is 0 Å². The molecule has 0 saturated carbocycles. The van der Waals surface area contributed by atoms with Crippen LogP contribution in [0.15, 0.2) is 53.0 Å². The minimum Gasteiger partial charge on any atom is -0.481 e. The smallest absolute Gasteiger partial charge is 0.305 e. The Labute approximate surface area is 633 Å². The average molecular weight is 1580 g/mol. The van der Waals surface area contributed by atoms with E-state index in [0.29, 0.717) is 16.5 Å². The lowest BCUT2D eigenvalue weighted by Crippen LogP contribution is -2.62. The fourth-order valence-electron chi connectivity index (χ4n) is 10.0. The number of benzene rings is 1. The number of imidazole rings is 1. The van der Waals surface area contributed by atoms with Crippen LogP contribution in [0.5, 0.6) is 0 Å². The lowest BCUT2D eigenvalue weighted by Gasteiger charge is -2.28. The Morgan fingerprint density at radius 3 is 1.25 bits per heavy atom. The van der Waals surface area contributed by atoms with E-state index in [2.05, 4.69) is 127 Å². The number of para-hydroxylation sites is 1. The van der Waals surface area contributed by atoms with Gasteiger partial charge < -0.3 is 140 Å². The summed E-state index contributed by atoms with van der Waals surface area (Å²) in [6.07, 6.45) is 1.27. The molecule has 47 heteroatoms. The maximum atomic E-state index is 14.7. The highest BCUT2D eigenvalue weighted by Gasteiger charge is 2.38. The van der Waals surface area contributed by atoms with Crippen molar-refractivity contribution in [1.82, 2.24) is 78.8 Å². The van der Waals surface area contributed by atoms with E-state index >= 15 is 0 Å². The van der Waals surface area contributed by atoms with Crippen molar-refractivity contribution in [2.45, 2.75) is 149 Å². The molecule has 14 amide bonds. The SMILES string of the molecule is NCCCC[C@H](NC(=O)[C@H](CO)NC(=O)[C@H](CO)NC(=O)[C@H](CS)NC(=O)[C@H](CC(N)=O)NC(=O)[C@@H](N)CS)C(=O)N[C@@H](Cc1c[nH]c2ccccc12)C(=O)N[C@@H](CS)C(=O)N[C@@H](CCCN=C(N)N)C(=O)N[C@@H](CC(=O)O)C(=O)N[C@@H](Cc1cnc[nH]1)C(=O)N[C@@H](CO)C(=O)N[C@@H](CCCN=C(N)N)C(N)=O. The largest absolute Gasteiger partial charge is 0.481 e. The number of aliphatic hydroxyl groups excluding tert-OH is 3. The molecule has 3 rings (SSSR count). The number of H-pyrrole nitrogens is 2. The predicted octanol–water partition coefficient (Wildman–Crippen LogP) is -12.3. The van der Waals surface area contributed by atoms with E-state index in [0.717, 1.165) is 0 Å². The van der Waals surface area contributed by atoms with Gasteiger partial charge in [-0.1, -0.05) is 18.2 Å². The molecule has 0 fully saturated rings. The molecule has 0 aliphatic heterocycles. The highest BCUT2D eigenvalue weighted by molar-refractivity contribution is 7.80. The number of primary amides is 2. The van der Waals surface area contributed by atoms with Crippen LogP contribution in [0.3, 0.4) is 0 Å². The summed E-state index contributed by atoms with van der Waals surface area (Å²) in [7, 11) is 0.